The Morgan fingerprint density at radius 3 is 2.50 bits per heavy atom. The molecule has 7 heteroatoms. The zero-order valence-corrected chi connectivity index (χ0v) is 15.6. The van der Waals surface area contributed by atoms with E-state index >= 15 is 0 Å². The third-order valence-electron chi connectivity index (χ3n) is 4.37. The normalized spacial score (nSPS) is 15.2. The average molecular weight is 395 g/mol. The molecule has 136 valence electrons. The minimum absolute atomic E-state index is 0.0654. The number of amides is 2. The SMILES string of the molecule is C[C@H](NC(=O)c1ccc(N2CCCC2=O)cc1)c1cc(F)c(Cl)cc1Cl. The maximum atomic E-state index is 13.7. The first-order chi connectivity index (χ1) is 12.4. The number of nitrogens with one attached hydrogen (secondary N) is 1. The molecule has 3 rings (SSSR count). The van der Waals surface area contributed by atoms with Crippen molar-refractivity contribution in [2.75, 3.05) is 11.4 Å². The second kappa shape index (κ2) is 7.64. The van der Waals surface area contributed by atoms with Crippen LogP contribution in [0.1, 0.15) is 41.7 Å². The average Bonchev–Trinajstić information content (AvgIpc) is 3.04. The van der Waals surface area contributed by atoms with Crippen LogP contribution in [0.3, 0.4) is 0 Å². The molecule has 2 aromatic rings. The predicted octanol–water partition coefficient (Wildman–Crippen LogP) is 4.75. The zero-order valence-electron chi connectivity index (χ0n) is 14.1. The molecule has 0 saturated carbocycles. The fourth-order valence-electron chi connectivity index (χ4n) is 2.94. The first-order valence-corrected chi connectivity index (χ1v) is 8.98. The van der Waals surface area contributed by atoms with Gasteiger partial charge in [0.1, 0.15) is 5.82 Å². The van der Waals surface area contributed by atoms with E-state index in [1.54, 1.807) is 36.1 Å². The standard InChI is InChI=1S/C19H17Cl2FN2O2/c1-11(14-9-17(22)16(21)10-15(14)20)23-19(26)12-4-6-13(7-5-12)24-8-2-3-18(24)25/h4-7,9-11H,2-3,8H2,1H3,(H,23,26)/t11-/m0/s1. The molecule has 1 aliphatic rings. The number of carbonyl (C=O) groups is 2. The van der Waals surface area contributed by atoms with Gasteiger partial charge in [-0.1, -0.05) is 23.2 Å². The number of anilines is 1. The lowest BCUT2D eigenvalue weighted by atomic mass is 10.1. The zero-order chi connectivity index (χ0) is 18.8. The summed E-state index contributed by atoms with van der Waals surface area (Å²) >= 11 is 11.8. The second-order valence-electron chi connectivity index (χ2n) is 6.18. The van der Waals surface area contributed by atoms with Crippen molar-refractivity contribution >= 4 is 40.7 Å². The van der Waals surface area contributed by atoms with Crippen LogP contribution in [-0.2, 0) is 4.79 Å². The van der Waals surface area contributed by atoms with Crippen molar-refractivity contribution in [3.63, 3.8) is 0 Å². The molecule has 2 aromatic carbocycles. The van der Waals surface area contributed by atoms with Gasteiger partial charge in [0.25, 0.3) is 5.91 Å². The predicted molar refractivity (Wildman–Crippen MR) is 100 cm³/mol. The van der Waals surface area contributed by atoms with Crippen molar-refractivity contribution in [1.82, 2.24) is 5.32 Å². The molecule has 1 saturated heterocycles. The molecular formula is C19H17Cl2FN2O2. The molecule has 0 spiro atoms. The van der Waals surface area contributed by atoms with E-state index in [9.17, 15) is 14.0 Å². The highest BCUT2D eigenvalue weighted by Crippen LogP contribution is 2.29. The largest absolute Gasteiger partial charge is 0.345 e. The summed E-state index contributed by atoms with van der Waals surface area (Å²) in [5, 5.41) is 3.00. The van der Waals surface area contributed by atoms with Crippen LogP contribution in [-0.4, -0.2) is 18.4 Å². The van der Waals surface area contributed by atoms with E-state index in [1.807, 2.05) is 0 Å². The molecule has 0 bridgehead atoms. The van der Waals surface area contributed by atoms with E-state index in [2.05, 4.69) is 5.32 Å². The highest BCUT2D eigenvalue weighted by atomic mass is 35.5. The number of rotatable bonds is 4. The molecule has 0 radical (unpaired) electrons. The Morgan fingerprint density at radius 1 is 1.19 bits per heavy atom. The number of nitrogens with zero attached hydrogens (tertiary/aromatic N) is 1. The van der Waals surface area contributed by atoms with Crippen LogP contribution in [0.25, 0.3) is 0 Å². The van der Waals surface area contributed by atoms with Crippen molar-refractivity contribution in [2.45, 2.75) is 25.8 Å². The van der Waals surface area contributed by atoms with E-state index in [0.29, 0.717) is 24.1 Å². The number of carbonyl (C=O) groups excluding carboxylic acids is 2. The fourth-order valence-corrected chi connectivity index (χ4v) is 3.49. The van der Waals surface area contributed by atoms with Crippen LogP contribution in [0.15, 0.2) is 36.4 Å². The topological polar surface area (TPSA) is 49.4 Å². The Hall–Kier alpha value is -2.11. The van der Waals surface area contributed by atoms with Gasteiger partial charge >= 0.3 is 0 Å². The van der Waals surface area contributed by atoms with Gasteiger partial charge in [-0.3, -0.25) is 9.59 Å². The summed E-state index contributed by atoms with van der Waals surface area (Å²) in [5.41, 5.74) is 1.67. The van der Waals surface area contributed by atoms with Crippen molar-refractivity contribution in [1.29, 1.82) is 0 Å². The Kier molecular flexibility index (Phi) is 5.49. The van der Waals surface area contributed by atoms with Gasteiger partial charge in [0, 0.05) is 29.2 Å². The maximum absolute atomic E-state index is 13.7. The summed E-state index contributed by atoms with van der Waals surface area (Å²) in [6.07, 6.45) is 1.40. The van der Waals surface area contributed by atoms with Crippen LogP contribution >= 0.6 is 23.2 Å². The van der Waals surface area contributed by atoms with Gasteiger partial charge in [0.15, 0.2) is 0 Å². The van der Waals surface area contributed by atoms with Gasteiger partial charge in [-0.2, -0.15) is 0 Å². The molecule has 4 nitrogen and oxygen atoms in total. The minimum Gasteiger partial charge on any atom is -0.345 e. The Morgan fingerprint density at radius 2 is 1.88 bits per heavy atom. The lowest BCUT2D eigenvalue weighted by Crippen LogP contribution is -2.27. The first-order valence-electron chi connectivity index (χ1n) is 8.22. The third-order valence-corrected chi connectivity index (χ3v) is 4.99. The molecule has 26 heavy (non-hydrogen) atoms. The molecule has 1 heterocycles. The van der Waals surface area contributed by atoms with Crippen molar-refractivity contribution in [2.24, 2.45) is 0 Å². The summed E-state index contributed by atoms with van der Waals surface area (Å²) in [4.78, 5) is 25.9. The summed E-state index contributed by atoms with van der Waals surface area (Å²) in [7, 11) is 0. The molecule has 0 aliphatic carbocycles. The van der Waals surface area contributed by atoms with E-state index in [4.69, 9.17) is 23.2 Å². The van der Waals surface area contributed by atoms with Crippen molar-refractivity contribution < 1.29 is 14.0 Å². The van der Waals surface area contributed by atoms with Gasteiger partial charge in [0.05, 0.1) is 11.1 Å². The monoisotopic (exact) mass is 394 g/mol. The highest BCUT2D eigenvalue weighted by Gasteiger charge is 2.22. The molecule has 0 aromatic heterocycles. The highest BCUT2D eigenvalue weighted by molar-refractivity contribution is 6.35. The van der Waals surface area contributed by atoms with E-state index < -0.39 is 11.9 Å². The Balaban J connectivity index is 1.71. The van der Waals surface area contributed by atoms with E-state index in [1.165, 1.54) is 12.1 Å². The quantitative estimate of drug-likeness (QED) is 0.760. The van der Waals surface area contributed by atoms with Gasteiger partial charge in [-0.15, -0.1) is 0 Å². The van der Waals surface area contributed by atoms with Gasteiger partial charge in [0.2, 0.25) is 5.91 Å². The molecule has 1 N–H and O–H groups in total. The lowest BCUT2D eigenvalue weighted by molar-refractivity contribution is -0.117. The Bertz CT molecular complexity index is 855. The maximum Gasteiger partial charge on any atom is 0.251 e. The van der Waals surface area contributed by atoms with Crippen LogP contribution in [0, 0.1) is 5.82 Å². The van der Waals surface area contributed by atoms with Crippen LogP contribution in [0.2, 0.25) is 10.0 Å². The number of halogens is 3. The fraction of sp³-hybridized carbons (Fsp3) is 0.263. The van der Waals surface area contributed by atoms with Crippen LogP contribution in [0.5, 0.6) is 0 Å². The lowest BCUT2D eigenvalue weighted by Gasteiger charge is -2.18. The van der Waals surface area contributed by atoms with Crippen molar-refractivity contribution in [3.8, 4) is 0 Å². The molecule has 1 fully saturated rings. The van der Waals surface area contributed by atoms with Gasteiger partial charge < -0.3 is 10.2 Å². The molecule has 0 unspecified atom stereocenters. The second-order valence-corrected chi connectivity index (χ2v) is 6.99. The van der Waals surface area contributed by atoms with Crippen LogP contribution < -0.4 is 10.2 Å². The minimum atomic E-state index is -0.591. The Labute approximate surface area is 160 Å². The number of hydrogen-bond donors (Lipinski definition) is 1. The molecule has 1 atom stereocenters. The smallest absolute Gasteiger partial charge is 0.251 e. The number of benzene rings is 2. The van der Waals surface area contributed by atoms with E-state index in [-0.39, 0.29) is 21.9 Å². The number of hydrogen-bond acceptors (Lipinski definition) is 2. The molecule has 1 aliphatic heterocycles. The third kappa shape index (κ3) is 3.84. The summed E-state index contributed by atoms with van der Waals surface area (Å²) in [6, 6.07) is 8.85. The summed E-state index contributed by atoms with van der Waals surface area (Å²) in [5.74, 6) is -0.815. The first kappa shape index (κ1) is 18.7. The van der Waals surface area contributed by atoms with Gasteiger partial charge in [-0.05, 0) is 55.3 Å². The van der Waals surface area contributed by atoms with Gasteiger partial charge in [-0.25, -0.2) is 4.39 Å². The van der Waals surface area contributed by atoms with E-state index in [0.717, 1.165) is 12.1 Å². The summed E-state index contributed by atoms with van der Waals surface area (Å²) < 4.78 is 13.7. The van der Waals surface area contributed by atoms with Crippen molar-refractivity contribution in [3.05, 3.63) is 63.4 Å². The molecular weight excluding hydrogens is 378 g/mol. The van der Waals surface area contributed by atoms with Crippen LogP contribution in [0.4, 0.5) is 10.1 Å². The molecule has 2 amide bonds. The summed E-state index contributed by atoms with van der Waals surface area (Å²) in [6.45, 7) is 2.41.